The van der Waals surface area contributed by atoms with Crippen molar-refractivity contribution in [2.24, 2.45) is 0 Å². The standard InChI is InChI=1S/C14H10ClF3O/c15-12-7-6-10(14(16,17)18)8-11(12)13(19)9-4-2-1-3-5-9/h1-8,13,19H. The van der Waals surface area contributed by atoms with Crippen LogP contribution in [0.4, 0.5) is 13.2 Å². The van der Waals surface area contributed by atoms with Crippen molar-refractivity contribution in [3.8, 4) is 0 Å². The Kier molecular flexibility index (Phi) is 3.83. The Morgan fingerprint density at radius 2 is 1.63 bits per heavy atom. The summed E-state index contributed by atoms with van der Waals surface area (Å²) in [5, 5.41) is 10.2. The molecule has 0 saturated heterocycles. The first-order chi connectivity index (χ1) is 8.89. The molecule has 2 aromatic rings. The monoisotopic (exact) mass is 286 g/mol. The maximum Gasteiger partial charge on any atom is 0.416 e. The molecule has 1 atom stereocenters. The van der Waals surface area contributed by atoms with Crippen LogP contribution in [0.2, 0.25) is 5.02 Å². The van der Waals surface area contributed by atoms with Gasteiger partial charge in [0.05, 0.1) is 5.56 Å². The van der Waals surface area contributed by atoms with Crippen LogP contribution in [0, 0.1) is 0 Å². The number of halogens is 4. The average molecular weight is 287 g/mol. The maximum absolute atomic E-state index is 12.6. The van der Waals surface area contributed by atoms with E-state index in [1.165, 1.54) is 0 Å². The summed E-state index contributed by atoms with van der Waals surface area (Å²) in [6, 6.07) is 11.3. The summed E-state index contributed by atoms with van der Waals surface area (Å²) in [6.07, 6.45) is -5.65. The molecule has 0 aliphatic heterocycles. The molecule has 0 fully saturated rings. The maximum atomic E-state index is 12.6. The van der Waals surface area contributed by atoms with Gasteiger partial charge in [0, 0.05) is 10.6 Å². The highest BCUT2D eigenvalue weighted by atomic mass is 35.5. The summed E-state index contributed by atoms with van der Waals surface area (Å²) < 4.78 is 37.9. The number of alkyl halides is 3. The van der Waals surface area contributed by atoms with Gasteiger partial charge in [-0.1, -0.05) is 41.9 Å². The molecule has 100 valence electrons. The predicted molar refractivity (Wildman–Crippen MR) is 67.0 cm³/mol. The van der Waals surface area contributed by atoms with Crippen molar-refractivity contribution in [3.63, 3.8) is 0 Å². The van der Waals surface area contributed by atoms with E-state index in [9.17, 15) is 18.3 Å². The Labute approximate surface area is 113 Å². The number of benzene rings is 2. The van der Waals surface area contributed by atoms with Crippen molar-refractivity contribution in [2.45, 2.75) is 12.3 Å². The third-order valence-electron chi connectivity index (χ3n) is 2.73. The first-order valence-electron chi connectivity index (χ1n) is 5.49. The first kappa shape index (κ1) is 13.9. The molecule has 0 heterocycles. The molecule has 0 radical (unpaired) electrons. The second-order valence-corrected chi connectivity index (χ2v) is 4.45. The zero-order valence-electron chi connectivity index (χ0n) is 9.66. The van der Waals surface area contributed by atoms with Gasteiger partial charge in [-0.25, -0.2) is 0 Å². The number of hydrogen-bond donors (Lipinski definition) is 1. The first-order valence-corrected chi connectivity index (χ1v) is 5.87. The van der Waals surface area contributed by atoms with Crippen LogP contribution in [0.3, 0.4) is 0 Å². The van der Waals surface area contributed by atoms with Gasteiger partial charge >= 0.3 is 6.18 Å². The summed E-state index contributed by atoms with van der Waals surface area (Å²) in [6.45, 7) is 0. The summed E-state index contributed by atoms with van der Waals surface area (Å²) in [7, 11) is 0. The minimum atomic E-state index is -4.46. The fourth-order valence-electron chi connectivity index (χ4n) is 1.74. The van der Waals surface area contributed by atoms with Gasteiger partial charge in [0.1, 0.15) is 6.10 Å². The number of aliphatic hydroxyl groups is 1. The molecule has 0 aliphatic carbocycles. The molecule has 2 aromatic carbocycles. The van der Waals surface area contributed by atoms with Gasteiger partial charge < -0.3 is 5.11 Å². The van der Waals surface area contributed by atoms with Gasteiger partial charge in [-0.2, -0.15) is 13.2 Å². The lowest BCUT2D eigenvalue weighted by Gasteiger charge is -2.15. The quantitative estimate of drug-likeness (QED) is 0.865. The summed E-state index contributed by atoms with van der Waals surface area (Å²) in [5.41, 5.74) is -0.298. The predicted octanol–water partition coefficient (Wildman–Crippen LogP) is 4.44. The highest BCUT2D eigenvalue weighted by molar-refractivity contribution is 6.31. The smallest absolute Gasteiger partial charge is 0.384 e. The van der Waals surface area contributed by atoms with Crippen LogP contribution in [-0.4, -0.2) is 5.11 Å². The van der Waals surface area contributed by atoms with Gasteiger partial charge in [0.2, 0.25) is 0 Å². The van der Waals surface area contributed by atoms with E-state index in [0.29, 0.717) is 5.56 Å². The van der Waals surface area contributed by atoms with Crippen molar-refractivity contribution >= 4 is 11.6 Å². The topological polar surface area (TPSA) is 20.2 Å². The lowest BCUT2D eigenvalue weighted by Crippen LogP contribution is -2.08. The van der Waals surface area contributed by atoms with Crippen molar-refractivity contribution in [1.29, 1.82) is 0 Å². The molecule has 19 heavy (non-hydrogen) atoms. The van der Waals surface area contributed by atoms with E-state index in [-0.39, 0.29) is 10.6 Å². The third-order valence-corrected chi connectivity index (χ3v) is 3.08. The Bertz CT molecular complexity index is 567. The van der Waals surface area contributed by atoms with Gasteiger partial charge in [0.15, 0.2) is 0 Å². The van der Waals surface area contributed by atoms with Crippen LogP contribution in [0.1, 0.15) is 22.8 Å². The minimum Gasteiger partial charge on any atom is -0.384 e. The Morgan fingerprint density at radius 3 is 2.21 bits per heavy atom. The fraction of sp³-hybridized carbons (Fsp3) is 0.143. The molecule has 0 aliphatic rings. The molecule has 1 nitrogen and oxygen atoms in total. The van der Waals surface area contributed by atoms with Crippen LogP contribution >= 0.6 is 11.6 Å². The second-order valence-electron chi connectivity index (χ2n) is 4.05. The molecule has 0 amide bonds. The second kappa shape index (κ2) is 5.23. The van der Waals surface area contributed by atoms with E-state index in [0.717, 1.165) is 18.2 Å². The largest absolute Gasteiger partial charge is 0.416 e. The molecule has 0 saturated carbocycles. The molecule has 5 heteroatoms. The van der Waals surface area contributed by atoms with Crippen LogP contribution in [0.5, 0.6) is 0 Å². The van der Waals surface area contributed by atoms with E-state index in [1.807, 2.05) is 0 Å². The number of hydrogen-bond acceptors (Lipinski definition) is 1. The minimum absolute atomic E-state index is 0.0442. The van der Waals surface area contributed by atoms with Crippen molar-refractivity contribution in [3.05, 3.63) is 70.2 Å². The van der Waals surface area contributed by atoms with Gasteiger partial charge in [-0.3, -0.25) is 0 Å². The Morgan fingerprint density at radius 1 is 1.00 bits per heavy atom. The average Bonchev–Trinajstić information content (AvgIpc) is 2.38. The van der Waals surface area contributed by atoms with Crippen molar-refractivity contribution in [1.82, 2.24) is 0 Å². The number of rotatable bonds is 2. The van der Waals surface area contributed by atoms with E-state index in [2.05, 4.69) is 0 Å². The fourth-order valence-corrected chi connectivity index (χ4v) is 1.97. The van der Waals surface area contributed by atoms with E-state index >= 15 is 0 Å². The normalized spacial score (nSPS) is 13.3. The van der Waals surface area contributed by atoms with Gasteiger partial charge in [0.25, 0.3) is 0 Å². The summed E-state index contributed by atoms with van der Waals surface area (Å²) in [5.74, 6) is 0. The lowest BCUT2D eigenvalue weighted by atomic mass is 9.99. The van der Waals surface area contributed by atoms with E-state index in [1.54, 1.807) is 30.3 Å². The summed E-state index contributed by atoms with van der Waals surface area (Å²) >= 11 is 5.86. The molecule has 1 N–H and O–H groups in total. The molecule has 0 bridgehead atoms. The zero-order valence-corrected chi connectivity index (χ0v) is 10.4. The molecule has 0 aromatic heterocycles. The highest BCUT2D eigenvalue weighted by Gasteiger charge is 2.31. The Balaban J connectivity index is 2.45. The molecule has 1 unspecified atom stereocenters. The molecule has 2 rings (SSSR count). The van der Waals surface area contributed by atoms with E-state index in [4.69, 9.17) is 11.6 Å². The lowest BCUT2D eigenvalue weighted by molar-refractivity contribution is -0.137. The van der Waals surface area contributed by atoms with Crippen LogP contribution in [-0.2, 0) is 6.18 Å². The third kappa shape index (κ3) is 3.08. The SMILES string of the molecule is OC(c1ccccc1)c1cc(C(F)(F)F)ccc1Cl. The molecular formula is C14H10ClF3O. The van der Waals surface area contributed by atoms with Crippen LogP contribution in [0.25, 0.3) is 0 Å². The number of aliphatic hydroxyl groups excluding tert-OH is 1. The van der Waals surface area contributed by atoms with Crippen molar-refractivity contribution < 1.29 is 18.3 Å². The van der Waals surface area contributed by atoms with E-state index < -0.39 is 17.8 Å². The highest BCUT2D eigenvalue weighted by Crippen LogP contribution is 2.35. The van der Waals surface area contributed by atoms with Crippen LogP contribution < -0.4 is 0 Å². The zero-order chi connectivity index (χ0) is 14.0. The van der Waals surface area contributed by atoms with Crippen LogP contribution in [0.15, 0.2) is 48.5 Å². The van der Waals surface area contributed by atoms with Gasteiger partial charge in [-0.15, -0.1) is 0 Å². The molecule has 0 spiro atoms. The molecular weight excluding hydrogens is 277 g/mol. The van der Waals surface area contributed by atoms with Crippen molar-refractivity contribution in [2.75, 3.05) is 0 Å². The van der Waals surface area contributed by atoms with Gasteiger partial charge in [-0.05, 0) is 23.8 Å². The Hall–Kier alpha value is -1.52. The summed E-state index contributed by atoms with van der Waals surface area (Å²) in [4.78, 5) is 0.